The minimum Gasteiger partial charge on any atom is -0.483 e. The van der Waals surface area contributed by atoms with Gasteiger partial charge in [-0.2, -0.15) is 0 Å². The number of nitrogens with zero attached hydrogens (tertiary/aromatic N) is 2. The molecule has 0 saturated heterocycles. The number of carbonyl (C=O) groups is 2. The molecular formula is C21H22N4O4. The molecule has 150 valence electrons. The van der Waals surface area contributed by atoms with Gasteiger partial charge in [0, 0.05) is 18.4 Å². The Morgan fingerprint density at radius 3 is 2.45 bits per heavy atom. The first kappa shape index (κ1) is 20.1. The summed E-state index contributed by atoms with van der Waals surface area (Å²) >= 11 is 0. The molecule has 0 spiro atoms. The molecule has 0 aliphatic carbocycles. The van der Waals surface area contributed by atoms with Crippen LogP contribution in [0.3, 0.4) is 0 Å². The van der Waals surface area contributed by atoms with Crippen LogP contribution in [-0.2, 0) is 16.0 Å². The van der Waals surface area contributed by atoms with E-state index in [-0.39, 0.29) is 25.4 Å². The molecule has 0 unspecified atom stereocenters. The second-order valence-electron chi connectivity index (χ2n) is 6.52. The minimum atomic E-state index is -0.457. The molecule has 8 heteroatoms. The Labute approximate surface area is 168 Å². The fraction of sp³-hybridized carbons (Fsp3) is 0.238. The van der Waals surface area contributed by atoms with Gasteiger partial charge in [0.2, 0.25) is 17.7 Å². The quantitative estimate of drug-likeness (QED) is 0.597. The molecule has 3 aromatic rings. The van der Waals surface area contributed by atoms with Gasteiger partial charge in [0.25, 0.3) is 5.91 Å². The lowest BCUT2D eigenvalue weighted by Gasteiger charge is -2.09. The Hall–Kier alpha value is -3.68. The van der Waals surface area contributed by atoms with Crippen molar-refractivity contribution in [2.24, 2.45) is 0 Å². The number of hydrogen-bond acceptors (Lipinski definition) is 6. The molecule has 0 fully saturated rings. The molecule has 0 saturated carbocycles. The van der Waals surface area contributed by atoms with Gasteiger partial charge in [-0.3, -0.25) is 20.4 Å². The van der Waals surface area contributed by atoms with E-state index in [4.69, 9.17) is 9.15 Å². The van der Waals surface area contributed by atoms with Crippen LogP contribution in [0, 0.1) is 13.8 Å². The smallest absolute Gasteiger partial charge is 0.276 e. The highest BCUT2D eigenvalue weighted by Gasteiger charge is 2.11. The molecule has 8 nitrogen and oxygen atoms in total. The fourth-order valence-corrected chi connectivity index (χ4v) is 2.49. The predicted octanol–water partition coefficient (Wildman–Crippen LogP) is 2.51. The lowest BCUT2D eigenvalue weighted by molar-refractivity contribution is -0.130. The van der Waals surface area contributed by atoms with E-state index in [1.54, 1.807) is 6.07 Å². The number of para-hydroxylation sites is 1. The average Bonchev–Trinajstić information content (AvgIpc) is 3.19. The van der Waals surface area contributed by atoms with Crippen molar-refractivity contribution in [3.63, 3.8) is 0 Å². The third-order valence-corrected chi connectivity index (χ3v) is 4.12. The number of aromatic nitrogens is 2. The van der Waals surface area contributed by atoms with Crippen molar-refractivity contribution in [3.8, 4) is 17.2 Å². The highest BCUT2D eigenvalue weighted by atomic mass is 16.5. The number of hydrogen-bond donors (Lipinski definition) is 2. The molecule has 3 rings (SSSR count). The molecule has 2 N–H and O–H groups in total. The monoisotopic (exact) mass is 394 g/mol. The molecule has 1 aromatic heterocycles. The summed E-state index contributed by atoms with van der Waals surface area (Å²) in [5, 5.41) is 7.94. The van der Waals surface area contributed by atoms with Gasteiger partial charge >= 0.3 is 0 Å². The molecule has 2 aromatic carbocycles. The first-order valence-electron chi connectivity index (χ1n) is 9.17. The average molecular weight is 394 g/mol. The van der Waals surface area contributed by atoms with Crippen LogP contribution in [0.15, 0.2) is 52.9 Å². The zero-order valence-corrected chi connectivity index (χ0v) is 16.3. The van der Waals surface area contributed by atoms with Crippen molar-refractivity contribution < 1.29 is 18.7 Å². The number of aryl methyl sites for hydroxylation is 3. The Morgan fingerprint density at radius 1 is 0.966 bits per heavy atom. The fourth-order valence-electron chi connectivity index (χ4n) is 2.49. The Kier molecular flexibility index (Phi) is 6.57. The second kappa shape index (κ2) is 9.50. The van der Waals surface area contributed by atoms with Crippen LogP contribution >= 0.6 is 0 Å². The number of carbonyl (C=O) groups excluding carboxylic acids is 2. The summed E-state index contributed by atoms with van der Waals surface area (Å²) < 4.78 is 11.0. The summed E-state index contributed by atoms with van der Waals surface area (Å²) in [6.45, 7) is 3.68. The minimum absolute atomic E-state index is 0.0917. The first-order valence-corrected chi connectivity index (χ1v) is 9.17. The number of amides is 2. The van der Waals surface area contributed by atoms with E-state index < -0.39 is 5.91 Å². The van der Waals surface area contributed by atoms with E-state index in [9.17, 15) is 9.59 Å². The van der Waals surface area contributed by atoms with Gasteiger partial charge in [0.15, 0.2) is 6.61 Å². The van der Waals surface area contributed by atoms with E-state index in [1.165, 1.54) is 0 Å². The van der Waals surface area contributed by atoms with Crippen molar-refractivity contribution in [1.82, 2.24) is 21.0 Å². The molecule has 2 amide bonds. The van der Waals surface area contributed by atoms with E-state index in [1.807, 2.05) is 56.3 Å². The lowest BCUT2D eigenvalue weighted by atomic mass is 10.1. The molecule has 0 aliphatic heterocycles. The SMILES string of the molecule is Cc1ccc(-c2nnc(CCC(=O)NNC(=O)COc3ccccc3C)o2)cc1. The van der Waals surface area contributed by atoms with Gasteiger partial charge < -0.3 is 9.15 Å². The maximum atomic E-state index is 11.9. The maximum absolute atomic E-state index is 11.9. The number of nitrogens with one attached hydrogen (secondary N) is 2. The van der Waals surface area contributed by atoms with Gasteiger partial charge in [-0.25, -0.2) is 0 Å². The van der Waals surface area contributed by atoms with Crippen molar-refractivity contribution in [2.75, 3.05) is 6.61 Å². The topological polar surface area (TPSA) is 106 Å². The maximum Gasteiger partial charge on any atom is 0.276 e. The van der Waals surface area contributed by atoms with Crippen LogP contribution in [0.5, 0.6) is 5.75 Å². The van der Waals surface area contributed by atoms with Gasteiger partial charge in [-0.15, -0.1) is 10.2 Å². The summed E-state index contributed by atoms with van der Waals surface area (Å²) in [7, 11) is 0. The molecule has 1 heterocycles. The van der Waals surface area contributed by atoms with Crippen molar-refractivity contribution in [2.45, 2.75) is 26.7 Å². The molecule has 0 bridgehead atoms. The molecular weight excluding hydrogens is 372 g/mol. The molecule has 0 radical (unpaired) electrons. The van der Waals surface area contributed by atoms with Gasteiger partial charge in [-0.05, 0) is 37.6 Å². The van der Waals surface area contributed by atoms with E-state index in [2.05, 4.69) is 21.0 Å². The van der Waals surface area contributed by atoms with E-state index >= 15 is 0 Å². The summed E-state index contributed by atoms with van der Waals surface area (Å²) in [5.74, 6) is 0.548. The first-order chi connectivity index (χ1) is 14.0. The third-order valence-electron chi connectivity index (χ3n) is 4.12. The Balaban J connectivity index is 1.39. The van der Waals surface area contributed by atoms with Crippen LogP contribution in [0.25, 0.3) is 11.5 Å². The molecule has 29 heavy (non-hydrogen) atoms. The van der Waals surface area contributed by atoms with E-state index in [0.717, 1.165) is 16.7 Å². The van der Waals surface area contributed by atoms with Crippen LogP contribution in [0.1, 0.15) is 23.4 Å². The highest BCUT2D eigenvalue weighted by Crippen LogP contribution is 2.18. The molecule has 0 atom stereocenters. The van der Waals surface area contributed by atoms with E-state index in [0.29, 0.717) is 17.5 Å². The lowest BCUT2D eigenvalue weighted by Crippen LogP contribution is -2.43. The predicted molar refractivity (Wildman–Crippen MR) is 106 cm³/mol. The summed E-state index contributed by atoms with van der Waals surface area (Å²) in [6, 6.07) is 15.1. The number of benzene rings is 2. The van der Waals surface area contributed by atoms with Crippen molar-refractivity contribution in [3.05, 3.63) is 65.5 Å². The Bertz CT molecular complexity index is 982. The Morgan fingerprint density at radius 2 is 1.69 bits per heavy atom. The standard InChI is InChI=1S/C21H22N4O4/c1-14-7-9-16(10-8-14)21-25-24-20(29-21)12-11-18(26)22-23-19(27)13-28-17-6-4-3-5-15(17)2/h3-10H,11-13H2,1-2H3,(H,22,26)(H,23,27). The zero-order valence-electron chi connectivity index (χ0n) is 16.3. The van der Waals surface area contributed by atoms with Crippen LogP contribution in [0.2, 0.25) is 0 Å². The number of ether oxygens (including phenoxy) is 1. The van der Waals surface area contributed by atoms with Crippen LogP contribution < -0.4 is 15.6 Å². The number of rotatable bonds is 7. The van der Waals surface area contributed by atoms with Gasteiger partial charge in [0.05, 0.1) is 0 Å². The van der Waals surface area contributed by atoms with Gasteiger partial charge in [0.1, 0.15) is 5.75 Å². The van der Waals surface area contributed by atoms with Gasteiger partial charge in [-0.1, -0.05) is 35.9 Å². The zero-order chi connectivity index (χ0) is 20.6. The summed E-state index contributed by atoms with van der Waals surface area (Å²) in [4.78, 5) is 23.7. The molecule has 0 aliphatic rings. The number of hydrazine groups is 1. The normalized spacial score (nSPS) is 10.4. The third kappa shape index (κ3) is 5.90. The highest BCUT2D eigenvalue weighted by molar-refractivity contribution is 5.82. The van der Waals surface area contributed by atoms with Crippen LogP contribution in [-0.4, -0.2) is 28.6 Å². The van der Waals surface area contributed by atoms with Crippen molar-refractivity contribution >= 4 is 11.8 Å². The summed E-state index contributed by atoms with van der Waals surface area (Å²) in [6.07, 6.45) is 0.356. The second-order valence-corrected chi connectivity index (χ2v) is 6.52. The van der Waals surface area contributed by atoms with Crippen LogP contribution in [0.4, 0.5) is 0 Å². The summed E-state index contributed by atoms with van der Waals surface area (Å²) in [5.41, 5.74) is 7.53. The van der Waals surface area contributed by atoms with Crippen molar-refractivity contribution in [1.29, 1.82) is 0 Å². The largest absolute Gasteiger partial charge is 0.483 e.